The molecule has 0 N–H and O–H groups in total. The quantitative estimate of drug-likeness (QED) is 0.388. The molecule has 0 aliphatic carbocycles. The Bertz CT molecular complexity index is 222. The summed E-state index contributed by atoms with van der Waals surface area (Å²) in [4.78, 5) is 0. The SMILES string of the molecule is CCCCOCCC#N.CCCCOCCC#N.[Cl][Pt][Cl]. The van der Waals surface area contributed by atoms with Crippen molar-refractivity contribution in [1.82, 2.24) is 0 Å². The van der Waals surface area contributed by atoms with E-state index in [4.69, 9.17) is 38.8 Å². The van der Waals surface area contributed by atoms with Crippen LogP contribution in [0.15, 0.2) is 0 Å². The average Bonchev–Trinajstić information content (AvgIpc) is 2.49. The van der Waals surface area contributed by atoms with E-state index in [1.807, 2.05) is 12.1 Å². The topological polar surface area (TPSA) is 66.0 Å². The van der Waals surface area contributed by atoms with Gasteiger partial charge < -0.3 is 9.47 Å². The summed E-state index contributed by atoms with van der Waals surface area (Å²) < 4.78 is 10.2. The Hall–Kier alpha value is 0.168. The third-order valence-corrected chi connectivity index (χ3v) is 2.00. The fourth-order valence-corrected chi connectivity index (χ4v) is 0.933. The first kappa shape index (κ1) is 26.1. The Morgan fingerprint density at radius 2 is 1.14 bits per heavy atom. The molecule has 0 saturated heterocycles. The summed E-state index contributed by atoms with van der Waals surface area (Å²) in [6, 6.07) is 4.04. The molecule has 0 aliphatic rings. The van der Waals surface area contributed by atoms with Crippen molar-refractivity contribution < 1.29 is 26.0 Å². The van der Waals surface area contributed by atoms with Gasteiger partial charge in [-0.3, -0.25) is 0 Å². The summed E-state index contributed by atoms with van der Waals surface area (Å²) in [5.41, 5.74) is 0. The van der Waals surface area contributed by atoms with Crippen molar-refractivity contribution in [3.63, 3.8) is 0 Å². The number of halogens is 2. The van der Waals surface area contributed by atoms with Crippen LogP contribution in [0.2, 0.25) is 0 Å². The zero-order valence-corrected chi connectivity index (χ0v) is 16.6. The predicted octanol–water partition coefficient (Wildman–Crippen LogP) is 4.81. The van der Waals surface area contributed by atoms with Crippen LogP contribution in [0.5, 0.6) is 0 Å². The molecule has 7 heteroatoms. The van der Waals surface area contributed by atoms with Crippen molar-refractivity contribution in [2.75, 3.05) is 26.4 Å². The Morgan fingerprint density at radius 3 is 1.38 bits per heavy atom. The van der Waals surface area contributed by atoms with Gasteiger partial charge in [0.15, 0.2) is 0 Å². The molecular formula is C14H26Cl2N2O2Pt. The minimum absolute atomic E-state index is 0.472. The molecule has 0 aromatic carbocycles. The summed E-state index contributed by atoms with van der Waals surface area (Å²) >= 11 is -0.472. The van der Waals surface area contributed by atoms with E-state index in [0.717, 1.165) is 38.9 Å². The number of unbranched alkanes of at least 4 members (excludes halogenated alkanes) is 2. The molecule has 128 valence electrons. The predicted molar refractivity (Wildman–Crippen MR) is 83.6 cm³/mol. The van der Waals surface area contributed by atoms with Gasteiger partial charge in [-0.25, -0.2) is 0 Å². The van der Waals surface area contributed by atoms with Gasteiger partial charge in [0.2, 0.25) is 0 Å². The maximum atomic E-state index is 8.09. The van der Waals surface area contributed by atoms with Crippen LogP contribution >= 0.6 is 18.8 Å². The van der Waals surface area contributed by atoms with Crippen LogP contribution in [0.25, 0.3) is 0 Å². The van der Waals surface area contributed by atoms with E-state index in [2.05, 4.69) is 13.8 Å². The molecule has 0 unspecified atom stereocenters. The van der Waals surface area contributed by atoms with Gasteiger partial charge in [-0.15, -0.1) is 0 Å². The first-order valence-electron chi connectivity index (χ1n) is 6.96. The second kappa shape index (κ2) is 32.2. The van der Waals surface area contributed by atoms with Crippen LogP contribution in [0.1, 0.15) is 52.4 Å². The van der Waals surface area contributed by atoms with Gasteiger partial charge in [-0.1, -0.05) is 26.7 Å². The molecule has 0 atom stereocenters. The number of nitriles is 2. The molecule has 0 aromatic rings. The Kier molecular flexibility index (Phi) is 40.0. The summed E-state index contributed by atoms with van der Waals surface area (Å²) in [5, 5.41) is 16.2. The van der Waals surface area contributed by atoms with Gasteiger partial charge in [0.1, 0.15) is 0 Å². The number of ether oxygens (including phenoxy) is 2. The third kappa shape index (κ3) is 45.0. The van der Waals surface area contributed by atoms with Gasteiger partial charge in [-0.05, 0) is 12.8 Å². The van der Waals surface area contributed by atoms with Crippen LogP contribution in [-0.2, 0) is 26.0 Å². The fourth-order valence-electron chi connectivity index (χ4n) is 0.933. The van der Waals surface area contributed by atoms with Crippen LogP contribution in [-0.4, -0.2) is 26.4 Å². The van der Waals surface area contributed by atoms with Crippen molar-refractivity contribution in [3.8, 4) is 12.1 Å². The molecule has 0 amide bonds. The summed E-state index contributed by atoms with van der Waals surface area (Å²) in [6.45, 7) is 7.03. The maximum absolute atomic E-state index is 8.09. The molecule has 0 bridgehead atoms. The van der Waals surface area contributed by atoms with E-state index in [9.17, 15) is 0 Å². The van der Waals surface area contributed by atoms with E-state index in [0.29, 0.717) is 26.1 Å². The van der Waals surface area contributed by atoms with E-state index in [1.54, 1.807) is 0 Å². The molecule has 0 rings (SSSR count). The normalized spacial score (nSPS) is 8.67. The summed E-state index contributed by atoms with van der Waals surface area (Å²) in [5.74, 6) is 0. The van der Waals surface area contributed by atoms with E-state index in [1.165, 1.54) is 0 Å². The molecule has 21 heavy (non-hydrogen) atoms. The van der Waals surface area contributed by atoms with Crippen molar-refractivity contribution in [3.05, 3.63) is 0 Å². The molecule has 0 saturated carbocycles. The number of nitrogens with zero attached hydrogens (tertiary/aromatic N) is 2. The summed E-state index contributed by atoms with van der Waals surface area (Å²) in [6.07, 6.45) is 5.56. The zero-order valence-electron chi connectivity index (χ0n) is 12.9. The number of hydrogen-bond acceptors (Lipinski definition) is 4. The number of rotatable bonds is 10. The second-order valence-electron chi connectivity index (χ2n) is 3.79. The van der Waals surface area contributed by atoms with Gasteiger partial charge in [0, 0.05) is 13.2 Å². The van der Waals surface area contributed by atoms with Gasteiger partial charge in [0.05, 0.1) is 38.2 Å². The number of hydrogen-bond donors (Lipinski definition) is 0. The molecule has 0 heterocycles. The average molecular weight is 520 g/mol. The van der Waals surface area contributed by atoms with Gasteiger partial charge in [0.25, 0.3) is 0 Å². The van der Waals surface area contributed by atoms with Crippen molar-refractivity contribution >= 4 is 18.8 Å². The molecular weight excluding hydrogens is 494 g/mol. The Labute approximate surface area is 146 Å². The van der Waals surface area contributed by atoms with E-state index < -0.39 is 16.5 Å². The molecule has 0 spiro atoms. The van der Waals surface area contributed by atoms with Crippen molar-refractivity contribution in [2.24, 2.45) is 0 Å². The minimum atomic E-state index is -0.472. The van der Waals surface area contributed by atoms with Crippen LogP contribution < -0.4 is 0 Å². The first-order chi connectivity index (χ1) is 10.2. The fraction of sp³-hybridized carbons (Fsp3) is 0.857. The van der Waals surface area contributed by atoms with Gasteiger partial charge >= 0.3 is 35.3 Å². The Balaban J connectivity index is -0.000000260. The van der Waals surface area contributed by atoms with Gasteiger partial charge in [-0.2, -0.15) is 10.5 Å². The monoisotopic (exact) mass is 519 g/mol. The third-order valence-electron chi connectivity index (χ3n) is 2.00. The van der Waals surface area contributed by atoms with Crippen LogP contribution in [0.4, 0.5) is 0 Å². The molecule has 0 aromatic heterocycles. The van der Waals surface area contributed by atoms with Crippen molar-refractivity contribution in [1.29, 1.82) is 10.5 Å². The standard InChI is InChI=1S/2C7H13NO.2ClH.Pt/c2*1-2-3-6-9-7-4-5-8;;;/h2*2-4,6-7H2,1H3;2*1H;/q;;;;+2/p-2. The van der Waals surface area contributed by atoms with E-state index >= 15 is 0 Å². The molecule has 4 nitrogen and oxygen atoms in total. The van der Waals surface area contributed by atoms with Crippen LogP contribution in [0, 0.1) is 22.7 Å². The first-order valence-corrected chi connectivity index (χ1v) is 12.6. The zero-order chi connectivity index (χ0) is 16.6. The van der Waals surface area contributed by atoms with E-state index in [-0.39, 0.29) is 0 Å². The Morgan fingerprint density at radius 1 is 0.810 bits per heavy atom. The molecule has 0 radical (unpaired) electrons. The van der Waals surface area contributed by atoms with Crippen molar-refractivity contribution in [2.45, 2.75) is 52.4 Å². The second-order valence-corrected chi connectivity index (χ2v) is 7.08. The molecule has 0 fully saturated rings. The summed E-state index contributed by atoms with van der Waals surface area (Å²) in [7, 11) is 9.75. The molecule has 0 aliphatic heterocycles. The van der Waals surface area contributed by atoms with Crippen LogP contribution in [0.3, 0.4) is 0 Å².